The second kappa shape index (κ2) is 11.3. The molecule has 36 heavy (non-hydrogen) atoms. The maximum absolute atomic E-state index is 15.5. The number of fused-ring (bicyclic) bond motifs is 1. The number of pyridine rings is 1. The quantitative estimate of drug-likeness (QED) is 0.523. The molecule has 2 aliphatic rings. The van der Waals surface area contributed by atoms with Crippen molar-refractivity contribution in [2.45, 2.75) is 89.0 Å². The van der Waals surface area contributed by atoms with Crippen molar-refractivity contribution < 1.29 is 26.9 Å². The highest BCUT2D eigenvalue weighted by molar-refractivity contribution is 5.78. The van der Waals surface area contributed by atoms with E-state index in [0.29, 0.717) is 56.5 Å². The lowest BCUT2D eigenvalue weighted by Crippen LogP contribution is -2.43. The molecule has 3 heterocycles. The van der Waals surface area contributed by atoms with Gasteiger partial charge in [0.1, 0.15) is 11.4 Å². The molecule has 0 unspecified atom stereocenters. The SMILES string of the molecule is Cc1cc(CC(=O)NC2CCC(F)(CCN3CCc4ccc(CCC(F)(F)F)nc4CC3)CC2)on1. The summed E-state index contributed by atoms with van der Waals surface area (Å²) in [6.07, 6.45) is -1.12. The monoisotopic (exact) mass is 510 g/mol. The van der Waals surface area contributed by atoms with E-state index in [9.17, 15) is 18.0 Å². The van der Waals surface area contributed by atoms with Crippen molar-refractivity contribution in [3.8, 4) is 0 Å². The van der Waals surface area contributed by atoms with Gasteiger partial charge in [-0.3, -0.25) is 9.78 Å². The fraction of sp³-hybridized carbons (Fsp3) is 0.654. The van der Waals surface area contributed by atoms with Gasteiger partial charge in [-0.2, -0.15) is 13.2 Å². The third-order valence-electron chi connectivity index (χ3n) is 7.29. The Morgan fingerprint density at radius 2 is 1.97 bits per heavy atom. The van der Waals surface area contributed by atoms with Crippen molar-refractivity contribution in [2.24, 2.45) is 0 Å². The summed E-state index contributed by atoms with van der Waals surface area (Å²) in [5, 5.41) is 6.77. The minimum absolute atomic E-state index is 0.0318. The Balaban J connectivity index is 1.19. The molecule has 198 valence electrons. The number of amides is 1. The normalized spacial score (nSPS) is 23.2. The summed E-state index contributed by atoms with van der Waals surface area (Å²) in [5.74, 6) is 0.384. The van der Waals surface area contributed by atoms with Crippen molar-refractivity contribution in [3.05, 3.63) is 46.6 Å². The Hall–Kier alpha value is -2.49. The number of hydrogen-bond donors (Lipinski definition) is 1. The molecule has 1 N–H and O–H groups in total. The van der Waals surface area contributed by atoms with Gasteiger partial charge in [-0.15, -0.1) is 0 Å². The second-order valence-electron chi connectivity index (χ2n) is 10.2. The molecule has 1 aliphatic heterocycles. The third-order valence-corrected chi connectivity index (χ3v) is 7.29. The minimum atomic E-state index is -4.19. The van der Waals surface area contributed by atoms with Gasteiger partial charge in [-0.05, 0) is 63.5 Å². The molecule has 0 atom stereocenters. The average molecular weight is 511 g/mol. The molecule has 1 fully saturated rings. The van der Waals surface area contributed by atoms with Crippen molar-refractivity contribution in [1.29, 1.82) is 0 Å². The van der Waals surface area contributed by atoms with Gasteiger partial charge in [0.15, 0.2) is 0 Å². The lowest BCUT2D eigenvalue weighted by Gasteiger charge is -2.35. The number of rotatable bonds is 8. The van der Waals surface area contributed by atoms with E-state index in [1.807, 2.05) is 6.07 Å². The summed E-state index contributed by atoms with van der Waals surface area (Å²) in [6, 6.07) is 5.29. The first-order valence-corrected chi connectivity index (χ1v) is 12.7. The first-order valence-electron chi connectivity index (χ1n) is 12.7. The smallest absolute Gasteiger partial charge is 0.361 e. The molecule has 10 heteroatoms. The second-order valence-corrected chi connectivity index (χ2v) is 10.2. The highest BCUT2D eigenvalue weighted by Crippen LogP contribution is 2.35. The van der Waals surface area contributed by atoms with Crippen LogP contribution in [-0.4, -0.2) is 58.5 Å². The van der Waals surface area contributed by atoms with Gasteiger partial charge in [0.05, 0.1) is 12.1 Å². The van der Waals surface area contributed by atoms with Crippen molar-refractivity contribution in [2.75, 3.05) is 19.6 Å². The van der Waals surface area contributed by atoms with E-state index in [4.69, 9.17) is 4.52 Å². The standard InChI is InChI=1S/C26H34F4N4O2/c1-18-16-22(36-33-18)17-24(35)32-21-4-9-25(27,10-5-21)12-15-34-13-7-19-2-3-20(6-11-26(28,29)30)31-23(19)8-14-34/h2-3,16,21H,4-15,17H2,1H3,(H,32,35). The number of carbonyl (C=O) groups is 1. The Labute approximate surface area is 208 Å². The summed E-state index contributed by atoms with van der Waals surface area (Å²) in [5.41, 5.74) is 1.89. The number of nitrogens with zero attached hydrogens (tertiary/aromatic N) is 3. The molecule has 1 aliphatic carbocycles. The van der Waals surface area contributed by atoms with E-state index in [1.54, 1.807) is 19.1 Å². The van der Waals surface area contributed by atoms with Crippen LogP contribution in [0.4, 0.5) is 17.6 Å². The first-order chi connectivity index (χ1) is 17.1. The lowest BCUT2D eigenvalue weighted by molar-refractivity contribution is -0.134. The molecule has 4 rings (SSSR count). The average Bonchev–Trinajstić information content (AvgIpc) is 3.11. The van der Waals surface area contributed by atoms with E-state index < -0.39 is 18.3 Å². The predicted octanol–water partition coefficient (Wildman–Crippen LogP) is 4.67. The molecular formula is C26H34F4N4O2. The van der Waals surface area contributed by atoms with Gasteiger partial charge in [-0.25, -0.2) is 4.39 Å². The molecule has 0 radical (unpaired) electrons. The van der Waals surface area contributed by atoms with Crippen LogP contribution in [0.15, 0.2) is 22.7 Å². The maximum Gasteiger partial charge on any atom is 0.389 e. The Morgan fingerprint density at radius 3 is 2.67 bits per heavy atom. The minimum Gasteiger partial charge on any atom is -0.361 e. The first kappa shape index (κ1) is 26.6. The van der Waals surface area contributed by atoms with E-state index in [-0.39, 0.29) is 24.8 Å². The van der Waals surface area contributed by atoms with Crippen LogP contribution in [0.3, 0.4) is 0 Å². The molecule has 0 aromatic carbocycles. The van der Waals surface area contributed by atoms with E-state index in [1.165, 1.54) is 0 Å². The number of carbonyl (C=O) groups excluding carboxylic acids is 1. The summed E-state index contributed by atoms with van der Waals surface area (Å²) in [4.78, 5) is 19.0. The van der Waals surface area contributed by atoms with Crippen LogP contribution >= 0.6 is 0 Å². The van der Waals surface area contributed by atoms with E-state index in [0.717, 1.165) is 36.5 Å². The maximum atomic E-state index is 15.5. The Bertz CT molecular complexity index is 1030. The number of aromatic nitrogens is 2. The fourth-order valence-corrected chi connectivity index (χ4v) is 5.13. The fourth-order valence-electron chi connectivity index (χ4n) is 5.13. The number of alkyl halides is 4. The van der Waals surface area contributed by atoms with Crippen LogP contribution in [0.5, 0.6) is 0 Å². The Kier molecular flexibility index (Phi) is 8.32. The summed E-state index contributed by atoms with van der Waals surface area (Å²) in [6.45, 7) is 3.94. The van der Waals surface area contributed by atoms with E-state index >= 15 is 4.39 Å². The molecule has 6 nitrogen and oxygen atoms in total. The number of halogens is 4. The van der Waals surface area contributed by atoms with Crippen LogP contribution in [0, 0.1) is 6.92 Å². The zero-order valence-electron chi connectivity index (χ0n) is 20.7. The van der Waals surface area contributed by atoms with Crippen molar-refractivity contribution in [1.82, 2.24) is 20.4 Å². The number of aryl methyl sites for hydroxylation is 2. The van der Waals surface area contributed by atoms with Gasteiger partial charge in [0.2, 0.25) is 5.91 Å². The number of nitrogens with one attached hydrogen (secondary N) is 1. The molecule has 0 bridgehead atoms. The topological polar surface area (TPSA) is 71.3 Å². The third kappa shape index (κ3) is 7.75. The molecule has 1 saturated carbocycles. The molecular weight excluding hydrogens is 476 g/mol. The van der Waals surface area contributed by atoms with Gasteiger partial charge < -0.3 is 14.7 Å². The largest absolute Gasteiger partial charge is 0.389 e. The summed E-state index contributed by atoms with van der Waals surface area (Å²) in [7, 11) is 0. The molecule has 0 spiro atoms. The zero-order valence-corrected chi connectivity index (χ0v) is 20.7. The number of hydrogen-bond acceptors (Lipinski definition) is 5. The molecule has 2 aromatic rings. The molecule has 0 saturated heterocycles. The summed E-state index contributed by atoms with van der Waals surface area (Å²) < 4.78 is 58.2. The predicted molar refractivity (Wildman–Crippen MR) is 126 cm³/mol. The zero-order chi connectivity index (χ0) is 25.8. The highest BCUT2D eigenvalue weighted by Gasteiger charge is 2.36. The lowest BCUT2D eigenvalue weighted by atomic mass is 9.81. The van der Waals surface area contributed by atoms with Crippen LogP contribution in [0.1, 0.15) is 66.9 Å². The van der Waals surface area contributed by atoms with Gasteiger partial charge in [-0.1, -0.05) is 11.2 Å². The molecule has 1 amide bonds. The van der Waals surface area contributed by atoms with Gasteiger partial charge in [0.25, 0.3) is 0 Å². The van der Waals surface area contributed by atoms with Gasteiger partial charge in [0, 0.05) is 56.0 Å². The van der Waals surface area contributed by atoms with E-state index in [2.05, 4.69) is 20.4 Å². The van der Waals surface area contributed by atoms with Crippen LogP contribution in [0.2, 0.25) is 0 Å². The van der Waals surface area contributed by atoms with Crippen molar-refractivity contribution in [3.63, 3.8) is 0 Å². The van der Waals surface area contributed by atoms with Crippen LogP contribution in [-0.2, 0) is 30.5 Å². The Morgan fingerprint density at radius 1 is 1.22 bits per heavy atom. The summed E-state index contributed by atoms with van der Waals surface area (Å²) >= 11 is 0. The van der Waals surface area contributed by atoms with Crippen LogP contribution < -0.4 is 5.32 Å². The van der Waals surface area contributed by atoms with Crippen molar-refractivity contribution >= 4 is 5.91 Å². The highest BCUT2D eigenvalue weighted by atomic mass is 19.4. The van der Waals surface area contributed by atoms with Crippen LogP contribution in [0.25, 0.3) is 0 Å². The molecule has 2 aromatic heterocycles. The van der Waals surface area contributed by atoms with Gasteiger partial charge >= 0.3 is 6.18 Å².